The number of anilines is 3. The zero-order valence-corrected chi connectivity index (χ0v) is 12.7. The molecule has 2 rings (SSSR count). The lowest BCUT2D eigenvalue weighted by Gasteiger charge is -2.11. The van der Waals surface area contributed by atoms with Crippen molar-refractivity contribution in [3.8, 4) is 0 Å². The average Bonchev–Trinajstić information content (AvgIpc) is 2.41. The Labute approximate surface area is 126 Å². The molecule has 0 fully saturated rings. The summed E-state index contributed by atoms with van der Waals surface area (Å²) in [5, 5.41) is 1.17. The molecule has 0 aliphatic heterocycles. The predicted molar refractivity (Wildman–Crippen MR) is 83.6 cm³/mol. The topological polar surface area (TPSA) is 142 Å². The first-order chi connectivity index (χ1) is 10.0. The van der Waals surface area contributed by atoms with Crippen LogP contribution in [0.2, 0.25) is 0 Å². The van der Waals surface area contributed by atoms with E-state index in [1.54, 1.807) is 0 Å². The van der Waals surface area contributed by atoms with Crippen molar-refractivity contribution in [3.05, 3.63) is 17.5 Å². The molecule has 0 spiro atoms. The van der Waals surface area contributed by atoms with Gasteiger partial charge in [0.05, 0.1) is 0 Å². The number of nitrogens with one attached hydrogen (secondary N) is 1. The lowest BCUT2D eigenvalue weighted by Crippen LogP contribution is -2.13. The summed E-state index contributed by atoms with van der Waals surface area (Å²) in [5.41, 5.74) is 14.8. The van der Waals surface area contributed by atoms with E-state index >= 15 is 0 Å². The second-order valence-corrected chi connectivity index (χ2v) is 5.37. The number of rotatable bonds is 5. The highest BCUT2D eigenvalue weighted by Crippen LogP contribution is 2.30. The van der Waals surface area contributed by atoms with Crippen molar-refractivity contribution >= 4 is 29.2 Å². The molecule has 0 radical (unpaired) electrons. The third-order valence-corrected chi connectivity index (χ3v) is 3.65. The van der Waals surface area contributed by atoms with Crippen LogP contribution in [0.25, 0.3) is 0 Å². The summed E-state index contributed by atoms with van der Waals surface area (Å²) in [6.07, 6.45) is 1.71. The normalized spacial score (nSPS) is 10.6. The first-order valence-electron chi connectivity index (χ1n) is 6.45. The smallest absolute Gasteiger partial charge is 0.197 e. The van der Waals surface area contributed by atoms with Gasteiger partial charge in [-0.3, -0.25) is 0 Å². The van der Waals surface area contributed by atoms with Crippen LogP contribution in [0.1, 0.15) is 24.7 Å². The Kier molecular flexibility index (Phi) is 4.76. The number of aromatic nitrogens is 4. The Morgan fingerprint density at radius 1 is 1.14 bits per heavy atom. The zero-order valence-electron chi connectivity index (χ0n) is 11.9. The van der Waals surface area contributed by atoms with Crippen LogP contribution < -0.4 is 22.7 Å². The summed E-state index contributed by atoms with van der Waals surface area (Å²) < 4.78 is 0. The molecule has 0 unspecified atom stereocenters. The molecule has 0 aromatic carbocycles. The molecule has 8 nitrogen and oxygen atoms in total. The molecule has 7 N–H and O–H groups in total. The van der Waals surface area contributed by atoms with Gasteiger partial charge in [0, 0.05) is 18.1 Å². The molecule has 9 heteroatoms. The lowest BCUT2D eigenvalue weighted by molar-refractivity contribution is 0.801. The molecule has 0 atom stereocenters. The number of hydrogen-bond acceptors (Lipinski definition) is 9. The number of nitrogens with two attached hydrogens (primary N) is 3. The average molecular weight is 306 g/mol. The fourth-order valence-corrected chi connectivity index (χ4v) is 2.59. The van der Waals surface area contributed by atoms with Crippen molar-refractivity contribution in [2.75, 3.05) is 16.9 Å². The molecule has 2 aromatic heterocycles. The SMILES string of the molecule is CCCc1nc(NN)c(C)c(Sc2nc(N)cc(N)n2)n1. The van der Waals surface area contributed by atoms with Crippen LogP contribution in [0, 0.1) is 6.92 Å². The molecule has 0 saturated heterocycles. The van der Waals surface area contributed by atoms with E-state index in [2.05, 4.69) is 32.3 Å². The summed E-state index contributed by atoms with van der Waals surface area (Å²) in [7, 11) is 0. The van der Waals surface area contributed by atoms with Crippen molar-refractivity contribution in [2.24, 2.45) is 5.84 Å². The molecular formula is C12H18N8S. The molecule has 112 valence electrons. The third-order valence-electron chi connectivity index (χ3n) is 2.69. The Balaban J connectivity index is 2.39. The van der Waals surface area contributed by atoms with Gasteiger partial charge in [-0.1, -0.05) is 6.92 Å². The monoisotopic (exact) mass is 306 g/mol. The van der Waals surface area contributed by atoms with E-state index in [4.69, 9.17) is 17.3 Å². The number of nitrogen functional groups attached to an aromatic ring is 3. The van der Waals surface area contributed by atoms with Crippen LogP contribution >= 0.6 is 11.8 Å². The van der Waals surface area contributed by atoms with Gasteiger partial charge in [-0.15, -0.1) is 0 Å². The second kappa shape index (κ2) is 6.55. The minimum atomic E-state index is 0.322. The Morgan fingerprint density at radius 3 is 2.38 bits per heavy atom. The highest BCUT2D eigenvalue weighted by atomic mass is 32.2. The fraction of sp³-hybridized carbons (Fsp3) is 0.333. The first kappa shape index (κ1) is 15.3. The second-order valence-electron chi connectivity index (χ2n) is 4.42. The Hall–Kier alpha value is -2.13. The Morgan fingerprint density at radius 2 is 1.81 bits per heavy atom. The molecule has 0 amide bonds. The van der Waals surface area contributed by atoms with Crippen LogP contribution in [-0.2, 0) is 6.42 Å². The summed E-state index contributed by atoms with van der Waals surface area (Å²) >= 11 is 1.28. The van der Waals surface area contributed by atoms with E-state index in [0.29, 0.717) is 22.6 Å². The number of hydrogen-bond donors (Lipinski definition) is 4. The van der Waals surface area contributed by atoms with Gasteiger partial charge in [0.1, 0.15) is 28.3 Å². The minimum Gasteiger partial charge on any atom is -0.383 e. The molecule has 2 aromatic rings. The highest BCUT2D eigenvalue weighted by molar-refractivity contribution is 7.99. The van der Waals surface area contributed by atoms with E-state index in [1.807, 2.05) is 6.92 Å². The predicted octanol–water partition coefficient (Wildman–Crippen LogP) is 1.13. The van der Waals surface area contributed by atoms with Gasteiger partial charge >= 0.3 is 0 Å². The minimum absolute atomic E-state index is 0.322. The van der Waals surface area contributed by atoms with E-state index in [9.17, 15) is 0 Å². The fourth-order valence-electron chi connectivity index (χ4n) is 1.71. The largest absolute Gasteiger partial charge is 0.383 e. The molecule has 21 heavy (non-hydrogen) atoms. The van der Waals surface area contributed by atoms with E-state index < -0.39 is 0 Å². The van der Waals surface area contributed by atoms with E-state index in [-0.39, 0.29) is 0 Å². The van der Waals surface area contributed by atoms with Gasteiger partial charge in [0.2, 0.25) is 0 Å². The van der Waals surface area contributed by atoms with E-state index in [1.165, 1.54) is 17.8 Å². The quantitative estimate of drug-likeness (QED) is 0.276. The summed E-state index contributed by atoms with van der Waals surface area (Å²) in [6, 6.07) is 1.51. The molecular weight excluding hydrogens is 288 g/mol. The first-order valence-corrected chi connectivity index (χ1v) is 7.27. The van der Waals surface area contributed by atoms with Crippen LogP contribution in [-0.4, -0.2) is 19.9 Å². The lowest BCUT2D eigenvalue weighted by atomic mass is 10.3. The summed E-state index contributed by atoms with van der Waals surface area (Å²) in [5.74, 6) is 7.46. The molecule has 0 saturated carbocycles. The van der Waals surface area contributed by atoms with Crippen LogP contribution in [0.3, 0.4) is 0 Å². The van der Waals surface area contributed by atoms with Crippen molar-refractivity contribution in [1.82, 2.24) is 19.9 Å². The van der Waals surface area contributed by atoms with Gasteiger partial charge in [0.15, 0.2) is 5.16 Å². The van der Waals surface area contributed by atoms with Crippen LogP contribution in [0.15, 0.2) is 16.2 Å². The van der Waals surface area contributed by atoms with Gasteiger partial charge in [0.25, 0.3) is 0 Å². The van der Waals surface area contributed by atoms with Crippen LogP contribution in [0.5, 0.6) is 0 Å². The standard InChI is InChI=1S/C12H18N8S/c1-3-4-9-18-10(20-15)6(2)11(19-9)21-12-16-7(13)5-8(14)17-12/h5H,3-4,15H2,1-2H3,(H,18,19,20)(H4,13,14,16,17). The van der Waals surface area contributed by atoms with Gasteiger partial charge in [-0.25, -0.2) is 25.8 Å². The summed E-state index contributed by atoms with van der Waals surface area (Å²) in [4.78, 5) is 17.2. The van der Waals surface area contributed by atoms with Crippen molar-refractivity contribution < 1.29 is 0 Å². The van der Waals surface area contributed by atoms with E-state index in [0.717, 1.165) is 29.3 Å². The maximum atomic E-state index is 5.68. The van der Waals surface area contributed by atoms with Crippen molar-refractivity contribution in [1.29, 1.82) is 0 Å². The molecule has 0 aliphatic carbocycles. The van der Waals surface area contributed by atoms with Gasteiger partial charge < -0.3 is 16.9 Å². The van der Waals surface area contributed by atoms with Gasteiger partial charge in [-0.2, -0.15) is 0 Å². The van der Waals surface area contributed by atoms with Crippen LogP contribution in [0.4, 0.5) is 17.5 Å². The number of aryl methyl sites for hydroxylation is 1. The highest BCUT2D eigenvalue weighted by Gasteiger charge is 2.13. The maximum Gasteiger partial charge on any atom is 0.197 e. The van der Waals surface area contributed by atoms with Crippen molar-refractivity contribution in [3.63, 3.8) is 0 Å². The molecule has 0 aliphatic rings. The zero-order chi connectivity index (χ0) is 15.4. The molecule has 2 heterocycles. The number of nitrogens with zero attached hydrogens (tertiary/aromatic N) is 4. The Bertz CT molecular complexity index is 625. The van der Waals surface area contributed by atoms with Gasteiger partial charge in [-0.05, 0) is 25.1 Å². The summed E-state index contributed by atoms with van der Waals surface area (Å²) in [6.45, 7) is 3.94. The van der Waals surface area contributed by atoms with Crippen molar-refractivity contribution in [2.45, 2.75) is 36.9 Å². The maximum absolute atomic E-state index is 5.68. The molecule has 0 bridgehead atoms. The third kappa shape index (κ3) is 3.70. The number of hydrazine groups is 1.